The SMILES string of the molecule is Cc1[nH]nc(C(=O)N(C)Cc2cccc(Cl)c2Cl)c1N. The lowest BCUT2D eigenvalue weighted by atomic mass is 10.2. The number of halogens is 2. The van der Waals surface area contributed by atoms with E-state index < -0.39 is 0 Å². The van der Waals surface area contributed by atoms with Crippen molar-refractivity contribution in [3.05, 3.63) is 45.2 Å². The molecule has 7 heteroatoms. The van der Waals surface area contributed by atoms with Gasteiger partial charge >= 0.3 is 0 Å². The van der Waals surface area contributed by atoms with Gasteiger partial charge in [0.25, 0.3) is 5.91 Å². The summed E-state index contributed by atoms with van der Waals surface area (Å²) in [4.78, 5) is 13.8. The number of hydrogen-bond acceptors (Lipinski definition) is 3. The van der Waals surface area contributed by atoms with E-state index in [0.717, 1.165) is 5.56 Å². The van der Waals surface area contributed by atoms with E-state index in [1.807, 2.05) is 6.07 Å². The number of benzene rings is 1. The third-order valence-electron chi connectivity index (χ3n) is 2.98. The van der Waals surface area contributed by atoms with Gasteiger partial charge in [0, 0.05) is 13.6 Å². The first-order valence-corrected chi connectivity index (χ1v) is 6.66. The summed E-state index contributed by atoms with van der Waals surface area (Å²) in [5, 5.41) is 7.51. The summed E-state index contributed by atoms with van der Waals surface area (Å²) in [5.41, 5.74) is 7.81. The van der Waals surface area contributed by atoms with Crippen LogP contribution in [0.2, 0.25) is 10.0 Å². The van der Waals surface area contributed by atoms with Crippen LogP contribution in [0.5, 0.6) is 0 Å². The zero-order chi connectivity index (χ0) is 14.9. The third-order valence-corrected chi connectivity index (χ3v) is 3.84. The number of carbonyl (C=O) groups excluding carboxylic acids is 1. The molecule has 2 rings (SSSR count). The van der Waals surface area contributed by atoms with Gasteiger partial charge in [0.05, 0.1) is 21.4 Å². The summed E-state index contributed by atoms with van der Waals surface area (Å²) in [6, 6.07) is 5.30. The Bertz CT molecular complexity index is 654. The number of H-pyrrole nitrogens is 1. The number of anilines is 1. The maximum atomic E-state index is 12.3. The highest BCUT2D eigenvalue weighted by atomic mass is 35.5. The molecule has 106 valence electrons. The van der Waals surface area contributed by atoms with Gasteiger partial charge in [0.1, 0.15) is 0 Å². The van der Waals surface area contributed by atoms with Crippen molar-refractivity contribution >= 4 is 34.8 Å². The van der Waals surface area contributed by atoms with Gasteiger partial charge in [-0.1, -0.05) is 35.3 Å². The number of aromatic nitrogens is 2. The minimum absolute atomic E-state index is 0.211. The molecular weight excluding hydrogens is 299 g/mol. The van der Waals surface area contributed by atoms with Crippen LogP contribution in [0.25, 0.3) is 0 Å². The van der Waals surface area contributed by atoms with Gasteiger partial charge in [-0.05, 0) is 18.6 Å². The molecule has 3 N–H and O–H groups in total. The molecule has 20 heavy (non-hydrogen) atoms. The highest BCUT2D eigenvalue weighted by Crippen LogP contribution is 2.26. The fourth-order valence-electron chi connectivity index (χ4n) is 1.78. The van der Waals surface area contributed by atoms with Crippen LogP contribution in [-0.2, 0) is 6.54 Å². The van der Waals surface area contributed by atoms with Crippen LogP contribution in [0.3, 0.4) is 0 Å². The summed E-state index contributed by atoms with van der Waals surface area (Å²) in [7, 11) is 1.66. The van der Waals surface area contributed by atoms with Gasteiger partial charge in [0.15, 0.2) is 5.69 Å². The first kappa shape index (κ1) is 14.7. The molecule has 0 atom stereocenters. The predicted octanol–water partition coefficient (Wildman–Crippen LogP) is 2.88. The maximum Gasteiger partial charge on any atom is 0.276 e. The molecule has 1 aromatic carbocycles. The highest BCUT2D eigenvalue weighted by molar-refractivity contribution is 6.42. The van der Waals surface area contributed by atoms with Crippen molar-refractivity contribution in [1.29, 1.82) is 0 Å². The molecule has 0 fully saturated rings. The molecule has 1 aromatic heterocycles. The summed E-state index contributed by atoms with van der Waals surface area (Å²) in [5.74, 6) is -0.275. The number of aryl methyl sites for hydroxylation is 1. The fourth-order valence-corrected chi connectivity index (χ4v) is 2.16. The second-order valence-electron chi connectivity index (χ2n) is 4.49. The standard InChI is InChI=1S/C13H14Cl2N4O/c1-7-11(16)12(18-17-7)13(20)19(2)6-8-4-3-5-9(14)10(8)15/h3-5H,6,16H2,1-2H3,(H,17,18). The number of nitrogens with one attached hydrogen (secondary N) is 1. The summed E-state index contributed by atoms with van der Waals surface area (Å²) in [6.07, 6.45) is 0. The van der Waals surface area contributed by atoms with E-state index in [1.54, 1.807) is 26.1 Å². The smallest absolute Gasteiger partial charge is 0.276 e. The van der Waals surface area contributed by atoms with Gasteiger partial charge < -0.3 is 10.6 Å². The normalized spacial score (nSPS) is 10.6. The van der Waals surface area contributed by atoms with Gasteiger partial charge in [-0.3, -0.25) is 9.89 Å². The van der Waals surface area contributed by atoms with Gasteiger partial charge in [-0.2, -0.15) is 5.10 Å². The van der Waals surface area contributed by atoms with Crippen molar-refractivity contribution in [2.24, 2.45) is 0 Å². The average molecular weight is 313 g/mol. The van der Waals surface area contributed by atoms with Crippen molar-refractivity contribution in [2.45, 2.75) is 13.5 Å². The van der Waals surface area contributed by atoms with E-state index in [2.05, 4.69) is 10.2 Å². The van der Waals surface area contributed by atoms with Gasteiger partial charge in [-0.15, -0.1) is 0 Å². The molecular formula is C13H14Cl2N4O. The van der Waals surface area contributed by atoms with E-state index in [-0.39, 0.29) is 11.6 Å². The lowest BCUT2D eigenvalue weighted by Crippen LogP contribution is -2.27. The molecule has 0 saturated heterocycles. The Kier molecular flexibility index (Phi) is 4.20. The number of amides is 1. The van der Waals surface area contributed by atoms with E-state index in [9.17, 15) is 4.79 Å². The molecule has 0 spiro atoms. The average Bonchev–Trinajstić information content (AvgIpc) is 2.74. The van der Waals surface area contributed by atoms with E-state index in [0.29, 0.717) is 28.0 Å². The van der Waals surface area contributed by atoms with E-state index >= 15 is 0 Å². The summed E-state index contributed by atoms with van der Waals surface area (Å²) < 4.78 is 0. The van der Waals surface area contributed by atoms with Crippen molar-refractivity contribution < 1.29 is 4.79 Å². The number of nitrogens with two attached hydrogens (primary N) is 1. The quantitative estimate of drug-likeness (QED) is 0.915. The first-order valence-electron chi connectivity index (χ1n) is 5.90. The number of hydrogen-bond donors (Lipinski definition) is 2. The number of carbonyl (C=O) groups is 1. The second kappa shape index (κ2) is 5.73. The zero-order valence-electron chi connectivity index (χ0n) is 11.1. The molecule has 5 nitrogen and oxygen atoms in total. The predicted molar refractivity (Wildman–Crippen MR) is 80.0 cm³/mol. The number of aromatic amines is 1. The maximum absolute atomic E-state index is 12.3. The van der Waals surface area contributed by atoms with Gasteiger partial charge in [0.2, 0.25) is 0 Å². The van der Waals surface area contributed by atoms with Crippen molar-refractivity contribution in [3.8, 4) is 0 Å². The molecule has 0 saturated carbocycles. The Hall–Kier alpha value is -1.72. The molecule has 2 aromatic rings. The Labute approximate surface area is 126 Å². The molecule has 1 amide bonds. The fraction of sp³-hybridized carbons (Fsp3) is 0.231. The highest BCUT2D eigenvalue weighted by Gasteiger charge is 2.20. The third kappa shape index (κ3) is 2.73. The van der Waals surface area contributed by atoms with Crippen LogP contribution < -0.4 is 5.73 Å². The second-order valence-corrected chi connectivity index (χ2v) is 5.27. The first-order chi connectivity index (χ1) is 9.41. The van der Waals surface area contributed by atoms with Crippen LogP contribution in [0, 0.1) is 6.92 Å². The van der Waals surface area contributed by atoms with Crippen LogP contribution >= 0.6 is 23.2 Å². The molecule has 0 radical (unpaired) electrons. The van der Waals surface area contributed by atoms with Crippen LogP contribution in [0.4, 0.5) is 5.69 Å². The van der Waals surface area contributed by atoms with Crippen LogP contribution in [-0.4, -0.2) is 28.1 Å². The van der Waals surface area contributed by atoms with Crippen molar-refractivity contribution in [3.63, 3.8) is 0 Å². The van der Waals surface area contributed by atoms with Crippen molar-refractivity contribution in [2.75, 3.05) is 12.8 Å². The Morgan fingerprint density at radius 2 is 2.15 bits per heavy atom. The summed E-state index contributed by atoms with van der Waals surface area (Å²) >= 11 is 12.1. The van der Waals surface area contributed by atoms with Crippen LogP contribution in [0.1, 0.15) is 21.7 Å². The monoisotopic (exact) mass is 312 g/mol. The topological polar surface area (TPSA) is 75.0 Å². The minimum atomic E-state index is -0.275. The van der Waals surface area contributed by atoms with Crippen LogP contribution in [0.15, 0.2) is 18.2 Å². The molecule has 0 aliphatic rings. The lowest BCUT2D eigenvalue weighted by molar-refractivity contribution is 0.0780. The van der Waals surface area contributed by atoms with E-state index in [4.69, 9.17) is 28.9 Å². The summed E-state index contributed by atoms with van der Waals surface area (Å²) in [6.45, 7) is 2.08. The Morgan fingerprint density at radius 3 is 2.75 bits per heavy atom. The molecule has 0 aliphatic heterocycles. The Balaban J connectivity index is 2.20. The molecule has 0 unspecified atom stereocenters. The zero-order valence-corrected chi connectivity index (χ0v) is 12.6. The molecule has 0 aliphatic carbocycles. The Morgan fingerprint density at radius 1 is 1.45 bits per heavy atom. The number of nitrogen functional groups attached to an aromatic ring is 1. The van der Waals surface area contributed by atoms with E-state index in [1.165, 1.54) is 4.90 Å². The van der Waals surface area contributed by atoms with Crippen molar-refractivity contribution in [1.82, 2.24) is 15.1 Å². The number of nitrogens with zero attached hydrogens (tertiary/aromatic N) is 2. The minimum Gasteiger partial charge on any atom is -0.395 e. The number of rotatable bonds is 3. The lowest BCUT2D eigenvalue weighted by Gasteiger charge is -2.17. The largest absolute Gasteiger partial charge is 0.395 e. The molecule has 0 bridgehead atoms. The van der Waals surface area contributed by atoms with Gasteiger partial charge in [-0.25, -0.2) is 0 Å². The molecule has 1 heterocycles.